The van der Waals surface area contributed by atoms with Gasteiger partial charge in [-0.05, 0) is 17.1 Å². The fourth-order valence-electron chi connectivity index (χ4n) is 2.31. The van der Waals surface area contributed by atoms with E-state index in [1.807, 2.05) is 6.07 Å². The van der Waals surface area contributed by atoms with Crippen LogP contribution < -0.4 is 10.6 Å². The minimum absolute atomic E-state index is 0.0562. The predicted molar refractivity (Wildman–Crippen MR) is 101 cm³/mol. The van der Waals surface area contributed by atoms with Crippen LogP contribution in [0.5, 0.6) is 0 Å². The van der Waals surface area contributed by atoms with Gasteiger partial charge in [0.25, 0.3) is 5.56 Å². The van der Waals surface area contributed by atoms with Crippen LogP contribution in [0, 0.1) is 10.1 Å². The van der Waals surface area contributed by atoms with Gasteiger partial charge in [0, 0.05) is 7.05 Å². The van der Waals surface area contributed by atoms with E-state index in [1.165, 1.54) is 33.7 Å². The number of aromatic nitrogens is 4. The summed E-state index contributed by atoms with van der Waals surface area (Å²) < 4.78 is 2.47. The number of nitrogens with zero attached hydrogens (tertiary/aromatic N) is 7. The largest absolute Gasteiger partial charge is 0.358 e. The molecule has 0 radical (unpaired) electrons. The first-order valence-electron chi connectivity index (χ1n) is 7.67. The van der Waals surface area contributed by atoms with Crippen molar-refractivity contribution in [3.05, 3.63) is 74.0 Å². The number of imidazole rings is 1. The summed E-state index contributed by atoms with van der Waals surface area (Å²) in [4.78, 5) is 26.7. The van der Waals surface area contributed by atoms with Gasteiger partial charge < -0.3 is 10.1 Å². The van der Waals surface area contributed by atoms with Gasteiger partial charge in [-0.2, -0.15) is 14.9 Å². The third-order valence-corrected chi connectivity index (χ3v) is 4.14. The fourth-order valence-corrected chi connectivity index (χ4v) is 2.56. The first kappa shape index (κ1) is 18.3. The molecule has 0 aliphatic heterocycles. The van der Waals surface area contributed by atoms with Crippen LogP contribution in [0.25, 0.3) is 5.69 Å². The molecule has 10 nitrogen and oxygen atoms in total. The highest BCUT2D eigenvalue weighted by atomic mass is 35.5. The van der Waals surface area contributed by atoms with E-state index in [1.54, 1.807) is 31.3 Å². The third kappa shape index (κ3) is 3.55. The first-order valence-corrected chi connectivity index (χ1v) is 8.05. The van der Waals surface area contributed by atoms with Crippen molar-refractivity contribution in [2.24, 2.45) is 12.1 Å². The molecule has 1 aromatic carbocycles. The molecule has 0 amide bonds. The average Bonchev–Trinajstić information content (AvgIpc) is 3.03. The van der Waals surface area contributed by atoms with E-state index in [4.69, 9.17) is 11.6 Å². The Morgan fingerprint density at radius 1 is 1.30 bits per heavy atom. The first-order chi connectivity index (χ1) is 12.9. The zero-order valence-electron chi connectivity index (χ0n) is 14.4. The molecule has 0 N–H and O–H groups in total. The normalized spacial score (nSPS) is 11.1. The standard InChI is InChI=1S/C16H14ClN7O3/c1-21-13(18-10-14(21)24(26)27)9-19-22(2)12-8-20-23(16(25)15(12)17)11-6-4-3-5-7-11/h3-10H,1-2H3/b19-9-. The van der Waals surface area contributed by atoms with E-state index < -0.39 is 10.5 Å². The Kier molecular flexibility index (Phi) is 4.99. The second-order valence-electron chi connectivity index (χ2n) is 5.46. The summed E-state index contributed by atoms with van der Waals surface area (Å²) in [6.45, 7) is 0. The lowest BCUT2D eigenvalue weighted by Crippen LogP contribution is -2.24. The summed E-state index contributed by atoms with van der Waals surface area (Å²) in [5.74, 6) is 0.111. The Hall–Kier alpha value is -3.53. The molecular formula is C16H14ClN7O3. The number of para-hydroxylation sites is 1. The Bertz CT molecular complexity index is 1080. The van der Waals surface area contributed by atoms with Crippen LogP contribution in [0.15, 0.2) is 52.6 Å². The molecule has 0 saturated heterocycles. The van der Waals surface area contributed by atoms with Crippen LogP contribution in [-0.2, 0) is 7.05 Å². The Morgan fingerprint density at radius 3 is 2.63 bits per heavy atom. The summed E-state index contributed by atoms with van der Waals surface area (Å²) in [6.07, 6.45) is 3.87. The minimum Gasteiger partial charge on any atom is -0.358 e. The molecule has 2 aromatic heterocycles. The molecule has 0 atom stereocenters. The number of rotatable bonds is 5. The fraction of sp³-hybridized carbons (Fsp3) is 0.125. The average molecular weight is 388 g/mol. The van der Waals surface area contributed by atoms with Crippen LogP contribution in [0.4, 0.5) is 11.5 Å². The molecule has 2 heterocycles. The molecule has 0 saturated carbocycles. The highest BCUT2D eigenvalue weighted by Crippen LogP contribution is 2.21. The summed E-state index contributed by atoms with van der Waals surface area (Å²) in [5.41, 5.74) is 0.381. The number of hydrogen-bond acceptors (Lipinski definition) is 7. The molecule has 0 fully saturated rings. The lowest BCUT2D eigenvalue weighted by Gasteiger charge is -2.14. The van der Waals surface area contributed by atoms with Gasteiger partial charge in [-0.25, -0.2) is 9.55 Å². The van der Waals surface area contributed by atoms with Crippen molar-refractivity contribution >= 4 is 29.3 Å². The van der Waals surface area contributed by atoms with Crippen LogP contribution in [0.1, 0.15) is 5.82 Å². The molecule has 0 aliphatic carbocycles. The molecular weight excluding hydrogens is 374 g/mol. The molecule has 0 unspecified atom stereocenters. The molecule has 0 bridgehead atoms. The summed E-state index contributed by atoms with van der Waals surface area (Å²) >= 11 is 6.20. The Balaban J connectivity index is 1.89. The molecule has 138 valence electrons. The number of anilines is 1. The molecule has 0 spiro atoms. The van der Waals surface area contributed by atoms with Crippen molar-refractivity contribution in [2.75, 3.05) is 12.1 Å². The number of halogens is 1. The quantitative estimate of drug-likeness (QED) is 0.376. The van der Waals surface area contributed by atoms with E-state index in [2.05, 4.69) is 15.2 Å². The topological polar surface area (TPSA) is 111 Å². The molecule has 0 aliphatic rings. The summed E-state index contributed by atoms with van der Waals surface area (Å²) in [6, 6.07) is 8.87. The van der Waals surface area contributed by atoms with Gasteiger partial charge in [-0.3, -0.25) is 9.80 Å². The molecule has 11 heteroatoms. The lowest BCUT2D eigenvalue weighted by atomic mass is 10.3. The van der Waals surface area contributed by atoms with E-state index in [0.717, 1.165) is 6.20 Å². The highest BCUT2D eigenvalue weighted by molar-refractivity contribution is 6.33. The van der Waals surface area contributed by atoms with Gasteiger partial charge in [0.1, 0.15) is 23.1 Å². The van der Waals surface area contributed by atoms with Gasteiger partial charge in [0.05, 0.1) is 18.9 Å². The van der Waals surface area contributed by atoms with Crippen molar-refractivity contribution in [1.82, 2.24) is 19.3 Å². The van der Waals surface area contributed by atoms with Crippen molar-refractivity contribution < 1.29 is 4.92 Å². The SMILES string of the molecule is CN(/N=C\c1ncc([N+](=O)[O-])n1C)c1cnn(-c2ccccc2)c(=O)c1Cl. The van der Waals surface area contributed by atoms with Crippen LogP contribution >= 0.6 is 11.6 Å². The smallest absolute Gasteiger partial charge is 0.342 e. The number of hydrazone groups is 1. The maximum atomic E-state index is 12.5. The Labute approximate surface area is 158 Å². The van der Waals surface area contributed by atoms with E-state index in [-0.39, 0.29) is 22.4 Å². The van der Waals surface area contributed by atoms with Crippen molar-refractivity contribution in [1.29, 1.82) is 0 Å². The summed E-state index contributed by atoms with van der Waals surface area (Å²) in [7, 11) is 3.07. The van der Waals surface area contributed by atoms with Crippen molar-refractivity contribution in [2.45, 2.75) is 0 Å². The molecule has 3 aromatic rings. The van der Waals surface area contributed by atoms with E-state index in [0.29, 0.717) is 5.69 Å². The Morgan fingerprint density at radius 2 is 2.00 bits per heavy atom. The maximum Gasteiger partial charge on any atom is 0.342 e. The lowest BCUT2D eigenvalue weighted by molar-refractivity contribution is -0.391. The van der Waals surface area contributed by atoms with E-state index in [9.17, 15) is 14.9 Å². The minimum atomic E-state index is -0.544. The van der Waals surface area contributed by atoms with Gasteiger partial charge >= 0.3 is 5.82 Å². The zero-order valence-corrected chi connectivity index (χ0v) is 15.1. The second-order valence-corrected chi connectivity index (χ2v) is 5.83. The zero-order chi connectivity index (χ0) is 19.6. The van der Waals surface area contributed by atoms with Gasteiger partial charge in [-0.15, -0.1) is 0 Å². The van der Waals surface area contributed by atoms with E-state index >= 15 is 0 Å². The maximum absolute atomic E-state index is 12.5. The van der Waals surface area contributed by atoms with Gasteiger partial charge in [0.2, 0.25) is 5.82 Å². The van der Waals surface area contributed by atoms with Gasteiger partial charge in [0.15, 0.2) is 0 Å². The molecule has 3 rings (SSSR count). The van der Waals surface area contributed by atoms with Crippen LogP contribution in [-0.4, -0.2) is 37.5 Å². The second kappa shape index (κ2) is 7.38. The third-order valence-electron chi connectivity index (χ3n) is 3.78. The van der Waals surface area contributed by atoms with Crippen LogP contribution in [0.2, 0.25) is 5.02 Å². The number of nitro groups is 1. The van der Waals surface area contributed by atoms with Crippen LogP contribution in [0.3, 0.4) is 0 Å². The predicted octanol–water partition coefficient (Wildman–Crippen LogP) is 2.00. The highest BCUT2D eigenvalue weighted by Gasteiger charge is 2.16. The number of hydrogen-bond donors (Lipinski definition) is 0. The van der Waals surface area contributed by atoms with Crippen molar-refractivity contribution in [3.8, 4) is 5.69 Å². The number of benzene rings is 1. The van der Waals surface area contributed by atoms with Gasteiger partial charge in [-0.1, -0.05) is 29.8 Å². The molecule has 27 heavy (non-hydrogen) atoms. The monoisotopic (exact) mass is 387 g/mol. The van der Waals surface area contributed by atoms with Crippen molar-refractivity contribution in [3.63, 3.8) is 0 Å². The summed E-state index contributed by atoms with van der Waals surface area (Å²) in [5, 5.41) is 20.4.